The SMILES string of the molecule is CCN(CC)c1ccc(C=NNC(=O)C(=Cc2ccc(N(C)C)cc2)NC(=O)c2ccccc2)cc1. The summed E-state index contributed by atoms with van der Waals surface area (Å²) in [5, 5.41) is 6.82. The molecule has 0 aromatic heterocycles. The van der Waals surface area contributed by atoms with Crippen LogP contribution in [0.4, 0.5) is 11.4 Å². The number of benzene rings is 3. The number of rotatable bonds is 10. The number of nitrogens with zero attached hydrogens (tertiary/aromatic N) is 3. The van der Waals surface area contributed by atoms with Gasteiger partial charge >= 0.3 is 0 Å². The van der Waals surface area contributed by atoms with Crippen molar-refractivity contribution in [3.63, 3.8) is 0 Å². The molecular weight excluding hydrogens is 450 g/mol. The summed E-state index contributed by atoms with van der Waals surface area (Å²) in [7, 11) is 3.91. The van der Waals surface area contributed by atoms with Crippen LogP contribution < -0.4 is 20.5 Å². The van der Waals surface area contributed by atoms with E-state index < -0.39 is 5.91 Å². The van der Waals surface area contributed by atoms with Crippen LogP contribution in [0.15, 0.2) is 89.7 Å². The summed E-state index contributed by atoms with van der Waals surface area (Å²) in [4.78, 5) is 30.0. The molecule has 2 N–H and O–H groups in total. The highest BCUT2D eigenvalue weighted by atomic mass is 16.2. The molecule has 3 aromatic carbocycles. The largest absolute Gasteiger partial charge is 0.378 e. The van der Waals surface area contributed by atoms with Crippen LogP contribution in [0.2, 0.25) is 0 Å². The van der Waals surface area contributed by atoms with Crippen LogP contribution >= 0.6 is 0 Å². The highest BCUT2D eigenvalue weighted by Gasteiger charge is 2.14. The monoisotopic (exact) mass is 483 g/mol. The minimum absolute atomic E-state index is 0.0930. The van der Waals surface area contributed by atoms with E-state index in [0.29, 0.717) is 5.56 Å². The molecule has 7 nitrogen and oxygen atoms in total. The van der Waals surface area contributed by atoms with E-state index in [0.717, 1.165) is 35.6 Å². The van der Waals surface area contributed by atoms with Crippen molar-refractivity contribution in [1.29, 1.82) is 0 Å². The topological polar surface area (TPSA) is 77.0 Å². The van der Waals surface area contributed by atoms with E-state index in [1.807, 2.05) is 73.6 Å². The summed E-state index contributed by atoms with van der Waals surface area (Å²) in [6.07, 6.45) is 3.20. The van der Waals surface area contributed by atoms with Crippen molar-refractivity contribution in [3.8, 4) is 0 Å². The zero-order valence-electron chi connectivity index (χ0n) is 21.2. The summed E-state index contributed by atoms with van der Waals surface area (Å²) < 4.78 is 0. The fourth-order valence-corrected chi connectivity index (χ4v) is 3.56. The van der Waals surface area contributed by atoms with E-state index in [2.05, 4.69) is 34.6 Å². The molecule has 0 heterocycles. The van der Waals surface area contributed by atoms with Crippen molar-refractivity contribution in [2.75, 3.05) is 37.0 Å². The van der Waals surface area contributed by atoms with Crippen LogP contribution in [0.1, 0.15) is 35.3 Å². The first-order valence-electron chi connectivity index (χ1n) is 11.9. The lowest BCUT2D eigenvalue weighted by atomic mass is 10.1. The summed E-state index contributed by atoms with van der Waals surface area (Å²) in [5.74, 6) is -0.898. The minimum atomic E-state index is -0.521. The number of carbonyl (C=O) groups is 2. The smallest absolute Gasteiger partial charge is 0.287 e. The first-order valence-corrected chi connectivity index (χ1v) is 11.9. The fourth-order valence-electron chi connectivity index (χ4n) is 3.56. The normalized spacial score (nSPS) is 11.3. The number of carbonyl (C=O) groups excluding carboxylic acids is 2. The maximum Gasteiger partial charge on any atom is 0.287 e. The molecule has 0 saturated carbocycles. The molecule has 2 amide bonds. The van der Waals surface area contributed by atoms with E-state index in [-0.39, 0.29) is 11.6 Å². The Bertz CT molecular complexity index is 1200. The predicted octanol–water partition coefficient (Wildman–Crippen LogP) is 4.52. The zero-order chi connectivity index (χ0) is 25.9. The molecule has 0 atom stereocenters. The zero-order valence-corrected chi connectivity index (χ0v) is 21.2. The third-order valence-electron chi connectivity index (χ3n) is 5.65. The Morgan fingerprint density at radius 3 is 1.97 bits per heavy atom. The van der Waals surface area contributed by atoms with Crippen LogP contribution in [0, 0.1) is 0 Å². The van der Waals surface area contributed by atoms with Crippen molar-refractivity contribution < 1.29 is 9.59 Å². The van der Waals surface area contributed by atoms with E-state index in [9.17, 15) is 9.59 Å². The summed E-state index contributed by atoms with van der Waals surface area (Å²) in [6, 6.07) is 24.4. The van der Waals surface area contributed by atoms with Gasteiger partial charge in [0.2, 0.25) is 0 Å². The quantitative estimate of drug-likeness (QED) is 0.253. The van der Waals surface area contributed by atoms with Crippen LogP contribution in [0.25, 0.3) is 6.08 Å². The lowest BCUT2D eigenvalue weighted by molar-refractivity contribution is -0.117. The molecule has 0 aliphatic carbocycles. The molecule has 0 saturated heterocycles. The third-order valence-corrected chi connectivity index (χ3v) is 5.65. The van der Waals surface area contributed by atoms with Crippen LogP contribution in [0.3, 0.4) is 0 Å². The first kappa shape index (κ1) is 26.2. The second kappa shape index (κ2) is 12.9. The molecule has 3 aromatic rings. The highest BCUT2D eigenvalue weighted by molar-refractivity contribution is 6.05. The van der Waals surface area contributed by atoms with Crippen molar-refractivity contribution >= 4 is 35.5 Å². The molecule has 0 bridgehead atoms. The average molecular weight is 484 g/mol. The lowest BCUT2D eigenvalue weighted by Gasteiger charge is -2.20. The molecule has 36 heavy (non-hydrogen) atoms. The van der Waals surface area contributed by atoms with E-state index in [1.54, 1.807) is 36.6 Å². The molecule has 0 aliphatic rings. The number of hydrogen-bond acceptors (Lipinski definition) is 5. The van der Waals surface area contributed by atoms with E-state index in [4.69, 9.17) is 0 Å². The molecule has 0 spiro atoms. The second-order valence-electron chi connectivity index (χ2n) is 8.33. The molecular formula is C29H33N5O2. The number of hydrogen-bond donors (Lipinski definition) is 2. The third kappa shape index (κ3) is 7.30. The Hall–Kier alpha value is -4.39. The van der Waals surface area contributed by atoms with E-state index in [1.165, 1.54) is 0 Å². The van der Waals surface area contributed by atoms with Gasteiger partial charge in [-0.05, 0) is 67.4 Å². The molecule has 0 aliphatic heterocycles. The van der Waals surface area contributed by atoms with Gasteiger partial charge in [-0.3, -0.25) is 9.59 Å². The Morgan fingerprint density at radius 2 is 1.39 bits per heavy atom. The van der Waals surface area contributed by atoms with Gasteiger partial charge in [0, 0.05) is 44.1 Å². The van der Waals surface area contributed by atoms with E-state index >= 15 is 0 Å². The van der Waals surface area contributed by atoms with Crippen LogP contribution in [0.5, 0.6) is 0 Å². The van der Waals surface area contributed by atoms with Gasteiger partial charge in [-0.1, -0.05) is 42.5 Å². The van der Waals surface area contributed by atoms with Crippen LogP contribution in [-0.2, 0) is 4.79 Å². The maximum atomic E-state index is 13.0. The Kier molecular flexibility index (Phi) is 9.40. The Balaban J connectivity index is 1.76. The van der Waals surface area contributed by atoms with Gasteiger partial charge in [-0.25, -0.2) is 5.43 Å². The number of hydrazone groups is 1. The van der Waals surface area contributed by atoms with Gasteiger partial charge in [-0.15, -0.1) is 0 Å². The van der Waals surface area contributed by atoms with Crippen molar-refractivity contribution in [3.05, 3.63) is 101 Å². The molecule has 0 unspecified atom stereocenters. The van der Waals surface area contributed by atoms with Gasteiger partial charge in [0.05, 0.1) is 6.21 Å². The maximum absolute atomic E-state index is 13.0. The molecule has 0 fully saturated rings. The van der Waals surface area contributed by atoms with Gasteiger partial charge in [0.15, 0.2) is 0 Å². The van der Waals surface area contributed by atoms with Crippen molar-refractivity contribution in [2.24, 2.45) is 5.10 Å². The predicted molar refractivity (Wildman–Crippen MR) is 148 cm³/mol. The highest BCUT2D eigenvalue weighted by Crippen LogP contribution is 2.15. The summed E-state index contributed by atoms with van der Waals surface area (Å²) in [5.41, 5.74) is 6.86. The second-order valence-corrected chi connectivity index (χ2v) is 8.33. The molecule has 3 rings (SSSR count). The lowest BCUT2D eigenvalue weighted by Crippen LogP contribution is -2.32. The minimum Gasteiger partial charge on any atom is -0.378 e. The Morgan fingerprint density at radius 1 is 0.806 bits per heavy atom. The van der Waals surface area contributed by atoms with Gasteiger partial charge < -0.3 is 15.1 Å². The standard InChI is InChI=1S/C29H33N5O2/c1-5-34(6-2)26-18-14-23(15-19-26)21-30-32-29(36)27(31-28(35)24-10-8-7-9-11-24)20-22-12-16-25(17-13-22)33(3)4/h7-21H,5-6H2,1-4H3,(H,31,35)(H,32,36). The number of anilines is 2. The van der Waals surface area contributed by atoms with Crippen molar-refractivity contribution in [2.45, 2.75) is 13.8 Å². The molecule has 186 valence electrons. The summed E-state index contributed by atoms with van der Waals surface area (Å²) in [6.45, 7) is 6.10. The number of amides is 2. The Labute approximate surface area is 213 Å². The number of nitrogens with one attached hydrogen (secondary N) is 2. The summed E-state index contributed by atoms with van der Waals surface area (Å²) >= 11 is 0. The molecule has 0 radical (unpaired) electrons. The fraction of sp³-hybridized carbons (Fsp3) is 0.207. The molecule has 7 heteroatoms. The van der Waals surface area contributed by atoms with Crippen molar-refractivity contribution in [1.82, 2.24) is 10.7 Å². The first-order chi connectivity index (χ1) is 17.4. The van der Waals surface area contributed by atoms with Gasteiger partial charge in [0.1, 0.15) is 5.70 Å². The van der Waals surface area contributed by atoms with Gasteiger partial charge in [0.25, 0.3) is 11.8 Å². The van der Waals surface area contributed by atoms with Crippen LogP contribution in [-0.4, -0.2) is 45.2 Å². The average Bonchev–Trinajstić information content (AvgIpc) is 2.90. The van der Waals surface area contributed by atoms with Gasteiger partial charge in [-0.2, -0.15) is 5.10 Å².